The van der Waals surface area contributed by atoms with Crippen molar-refractivity contribution in [2.75, 3.05) is 32.8 Å². The number of benzene rings is 2. The molecule has 0 spiro atoms. The van der Waals surface area contributed by atoms with E-state index >= 15 is 4.39 Å². The Bertz CT molecular complexity index is 1610. The normalized spacial score (nSPS) is 14.2. The number of hydrogen-bond acceptors (Lipinski definition) is 6. The van der Waals surface area contributed by atoms with E-state index in [1.165, 1.54) is 26.5 Å². The van der Waals surface area contributed by atoms with Crippen LogP contribution in [-0.4, -0.2) is 46.9 Å². The van der Waals surface area contributed by atoms with E-state index in [-0.39, 0.29) is 18.6 Å². The number of rotatable bonds is 7. The smallest absolute Gasteiger partial charge is 0.332 e. The fourth-order valence-corrected chi connectivity index (χ4v) is 5.75. The monoisotopic (exact) mass is 518 g/mol. The molecule has 2 aromatic carbocycles. The Kier molecular flexibility index (Phi) is 7.33. The third kappa shape index (κ3) is 5.01. The zero-order chi connectivity index (χ0) is 25.9. The summed E-state index contributed by atoms with van der Waals surface area (Å²) < 4.78 is 23.5. The van der Waals surface area contributed by atoms with Crippen LogP contribution in [-0.2, 0) is 24.2 Å². The summed E-state index contributed by atoms with van der Waals surface area (Å²) in [5.41, 5.74) is 1.31. The Hall–Kier alpha value is -3.58. The predicted molar refractivity (Wildman–Crippen MR) is 143 cm³/mol. The maximum Gasteiger partial charge on any atom is 0.332 e. The van der Waals surface area contributed by atoms with E-state index in [4.69, 9.17) is 4.74 Å². The lowest BCUT2D eigenvalue weighted by molar-refractivity contribution is 0.0361. The molecular weight excluding hydrogens is 491 g/mol. The van der Waals surface area contributed by atoms with Gasteiger partial charge in [0.1, 0.15) is 10.6 Å². The number of morpholine rings is 1. The zero-order valence-corrected chi connectivity index (χ0v) is 21.4. The summed E-state index contributed by atoms with van der Waals surface area (Å²) in [5.74, 6) is -0.469. The van der Waals surface area contributed by atoms with Crippen LogP contribution in [0.15, 0.2) is 58.1 Å². The highest BCUT2D eigenvalue weighted by Crippen LogP contribution is 2.27. The minimum absolute atomic E-state index is 0.00282. The van der Waals surface area contributed by atoms with Crippen molar-refractivity contribution < 1.29 is 9.13 Å². The Balaban J connectivity index is 1.53. The first kappa shape index (κ1) is 25.1. The van der Waals surface area contributed by atoms with Crippen LogP contribution in [0.25, 0.3) is 21.3 Å². The van der Waals surface area contributed by atoms with Gasteiger partial charge in [0.15, 0.2) is 0 Å². The van der Waals surface area contributed by atoms with Gasteiger partial charge in [-0.1, -0.05) is 37.3 Å². The van der Waals surface area contributed by atoms with Crippen LogP contribution < -0.4 is 11.2 Å². The molecule has 5 rings (SSSR count). The molecule has 0 aliphatic carbocycles. The highest BCUT2D eigenvalue weighted by molar-refractivity contribution is 7.18. The van der Waals surface area contributed by atoms with Crippen molar-refractivity contribution in [1.29, 1.82) is 5.26 Å². The first-order chi connectivity index (χ1) is 18.0. The number of halogens is 1. The molecule has 1 aliphatic heterocycles. The van der Waals surface area contributed by atoms with Gasteiger partial charge in [-0.15, -0.1) is 11.3 Å². The van der Waals surface area contributed by atoms with E-state index in [1.807, 2.05) is 13.0 Å². The Morgan fingerprint density at radius 3 is 2.57 bits per heavy atom. The molecule has 0 saturated carbocycles. The second-order valence-corrected chi connectivity index (χ2v) is 10.1. The molecule has 4 aromatic rings. The number of hydrogen-bond donors (Lipinski definition) is 0. The fourth-order valence-electron chi connectivity index (χ4n) is 4.67. The lowest BCUT2D eigenvalue weighted by atomic mass is 9.99. The van der Waals surface area contributed by atoms with Crippen LogP contribution in [0.2, 0.25) is 0 Å². The molecule has 3 heterocycles. The van der Waals surface area contributed by atoms with Gasteiger partial charge in [0.2, 0.25) is 0 Å². The van der Waals surface area contributed by atoms with E-state index in [0.717, 1.165) is 24.4 Å². The third-order valence-electron chi connectivity index (χ3n) is 6.78. The predicted octanol–water partition coefficient (Wildman–Crippen LogP) is 3.85. The van der Waals surface area contributed by atoms with Crippen LogP contribution in [0.4, 0.5) is 4.39 Å². The standard InChI is InChI=1S/C28H27FN4O3S/c1-2-22-16-24-26(34)32(10-9-31-11-13-36-14-12-31)28(35)33(27(24)37-22)18-21-8-7-19(15-25(21)29)23-6-4-3-5-20(23)17-30/h3-8,15-16H,2,9-14,18H2,1H3. The highest BCUT2D eigenvalue weighted by Gasteiger charge is 2.19. The average Bonchev–Trinajstić information content (AvgIpc) is 3.37. The molecule has 37 heavy (non-hydrogen) atoms. The maximum atomic E-state index is 15.3. The first-order valence-electron chi connectivity index (χ1n) is 12.3. The zero-order valence-electron chi connectivity index (χ0n) is 20.6. The second-order valence-electron chi connectivity index (χ2n) is 9.03. The number of thiophene rings is 1. The van der Waals surface area contributed by atoms with Gasteiger partial charge < -0.3 is 4.74 Å². The van der Waals surface area contributed by atoms with Gasteiger partial charge in [-0.3, -0.25) is 18.8 Å². The van der Waals surface area contributed by atoms with Gasteiger partial charge in [-0.05, 0) is 35.7 Å². The Morgan fingerprint density at radius 2 is 1.84 bits per heavy atom. The molecule has 0 amide bonds. The summed E-state index contributed by atoms with van der Waals surface area (Å²) in [4.78, 5) is 30.6. The van der Waals surface area contributed by atoms with Crippen LogP contribution in [0, 0.1) is 17.1 Å². The van der Waals surface area contributed by atoms with Crippen LogP contribution in [0.5, 0.6) is 0 Å². The maximum absolute atomic E-state index is 15.3. The minimum atomic E-state index is -0.469. The summed E-state index contributed by atoms with van der Waals surface area (Å²) in [6.07, 6.45) is 0.738. The van der Waals surface area contributed by atoms with Gasteiger partial charge >= 0.3 is 5.69 Å². The fraction of sp³-hybridized carbons (Fsp3) is 0.321. The molecule has 0 radical (unpaired) electrons. The molecule has 2 aromatic heterocycles. The third-order valence-corrected chi connectivity index (χ3v) is 8.08. The van der Waals surface area contributed by atoms with E-state index in [9.17, 15) is 14.9 Å². The molecule has 0 atom stereocenters. The molecule has 190 valence electrons. The molecule has 0 N–H and O–H groups in total. The van der Waals surface area contributed by atoms with E-state index in [0.29, 0.717) is 52.2 Å². The number of fused-ring (bicyclic) bond motifs is 1. The van der Waals surface area contributed by atoms with Gasteiger partial charge in [0.05, 0.1) is 36.8 Å². The quantitative estimate of drug-likeness (QED) is 0.371. The number of nitriles is 1. The van der Waals surface area contributed by atoms with Crippen LogP contribution in [0.3, 0.4) is 0 Å². The summed E-state index contributed by atoms with van der Waals surface area (Å²) in [7, 11) is 0. The van der Waals surface area contributed by atoms with Gasteiger partial charge in [-0.2, -0.15) is 5.26 Å². The number of aryl methyl sites for hydroxylation is 1. The van der Waals surface area contributed by atoms with Crippen molar-refractivity contribution in [2.45, 2.75) is 26.4 Å². The van der Waals surface area contributed by atoms with Crippen LogP contribution in [0.1, 0.15) is 22.9 Å². The van der Waals surface area contributed by atoms with E-state index in [2.05, 4.69) is 11.0 Å². The van der Waals surface area contributed by atoms with Crippen molar-refractivity contribution >= 4 is 21.6 Å². The molecule has 9 heteroatoms. The second kappa shape index (κ2) is 10.8. The van der Waals surface area contributed by atoms with Gasteiger partial charge in [-0.25, -0.2) is 9.18 Å². The lowest BCUT2D eigenvalue weighted by Crippen LogP contribution is -2.44. The summed E-state index contributed by atoms with van der Waals surface area (Å²) >= 11 is 1.40. The van der Waals surface area contributed by atoms with Crippen molar-refractivity contribution in [3.05, 3.63) is 91.2 Å². The van der Waals surface area contributed by atoms with Gasteiger partial charge in [0.25, 0.3) is 5.56 Å². The molecule has 0 unspecified atom stereocenters. The summed E-state index contributed by atoms with van der Waals surface area (Å²) in [6.45, 7) is 5.62. The molecule has 1 fully saturated rings. The van der Waals surface area contributed by atoms with Crippen molar-refractivity contribution in [3.8, 4) is 17.2 Å². The first-order valence-corrected chi connectivity index (χ1v) is 13.2. The van der Waals surface area contributed by atoms with E-state index in [1.54, 1.807) is 36.4 Å². The molecule has 0 bridgehead atoms. The minimum Gasteiger partial charge on any atom is -0.379 e. The highest BCUT2D eigenvalue weighted by atomic mass is 32.1. The average molecular weight is 519 g/mol. The SMILES string of the molecule is CCc1cc2c(=O)n(CCN3CCOCC3)c(=O)n(Cc3ccc(-c4ccccc4C#N)cc3F)c2s1. The van der Waals surface area contributed by atoms with Crippen molar-refractivity contribution in [3.63, 3.8) is 0 Å². The number of ether oxygens (including phenoxy) is 1. The molecule has 1 saturated heterocycles. The largest absolute Gasteiger partial charge is 0.379 e. The summed E-state index contributed by atoms with van der Waals surface area (Å²) in [5, 5.41) is 9.90. The van der Waals surface area contributed by atoms with E-state index < -0.39 is 11.5 Å². The van der Waals surface area contributed by atoms with Crippen molar-refractivity contribution in [1.82, 2.24) is 14.0 Å². The van der Waals surface area contributed by atoms with Crippen LogP contribution >= 0.6 is 11.3 Å². The molecular formula is C28H27FN4O3S. The lowest BCUT2D eigenvalue weighted by Gasteiger charge is -2.26. The number of nitrogens with zero attached hydrogens (tertiary/aromatic N) is 4. The molecule has 1 aliphatic rings. The summed E-state index contributed by atoms with van der Waals surface area (Å²) in [6, 6.07) is 15.8. The Labute approximate surface area is 217 Å². The Morgan fingerprint density at radius 1 is 1.05 bits per heavy atom. The number of aromatic nitrogens is 2. The molecule has 7 nitrogen and oxygen atoms in total. The van der Waals surface area contributed by atoms with Gasteiger partial charge in [0, 0.05) is 36.6 Å². The topological polar surface area (TPSA) is 80.3 Å². The van der Waals surface area contributed by atoms with Crippen molar-refractivity contribution in [2.24, 2.45) is 0 Å².